The molecule has 0 radical (unpaired) electrons. The van der Waals surface area contributed by atoms with Crippen molar-refractivity contribution < 1.29 is 32.3 Å². The van der Waals surface area contributed by atoms with E-state index in [1.165, 1.54) is 41.1 Å². The van der Waals surface area contributed by atoms with E-state index in [9.17, 15) is 27.6 Å². The largest absolute Gasteiger partial charge is 0.579 e. The highest BCUT2D eigenvalue weighted by Crippen LogP contribution is 2.30. The molecule has 1 aliphatic heterocycles. The van der Waals surface area contributed by atoms with Crippen LogP contribution in [0.25, 0.3) is 5.78 Å². The highest BCUT2D eigenvalue weighted by Gasteiger charge is 2.45. The fourth-order valence-corrected chi connectivity index (χ4v) is 5.95. The van der Waals surface area contributed by atoms with Crippen molar-refractivity contribution >= 4 is 23.5 Å². The summed E-state index contributed by atoms with van der Waals surface area (Å²) < 4.78 is 47.4. The van der Waals surface area contributed by atoms with E-state index in [1.807, 2.05) is 20.8 Å². The molecule has 0 unspecified atom stereocenters. The Balaban J connectivity index is 1.47. The van der Waals surface area contributed by atoms with Crippen LogP contribution in [-0.2, 0) is 16.0 Å². The molecule has 3 heterocycles. The standard InChI is InChI=1S/C36H42F3N7O4/c1-22(40-5)32(47)43-31(36(2,3)4)34(49)46-20-29(50-28-12-10-25(38)11-13-28)16-27(46)19-44(15-14-23-6-8-24(37)9-7-23)33(48)30-21-45-18-26(39)17-41-35(45)42-30/h6-13,17-18,21-22,27,29,31,40H,14-16,19-20H2,1-5H3,(H,43,47)/p+1/t22-,27-,29-,31+/m0/s1. The SMILES string of the molecule is CN[C@@H](C)C(=O)N[C@H](C(=O)N1C[C@@H]([OH+]c2ccc(F)cc2)C[C@H]1CN(CCc1ccc(F)cc1)C(=O)c1cn2cc(F)cnc2n1)C(C)(C)C. The average Bonchev–Trinajstić information content (AvgIpc) is 3.69. The predicted octanol–water partition coefficient (Wildman–Crippen LogP) is 3.88. The Morgan fingerprint density at radius 3 is 2.30 bits per heavy atom. The number of aromatic nitrogens is 3. The van der Waals surface area contributed by atoms with E-state index in [-0.39, 0.29) is 48.7 Å². The molecule has 266 valence electrons. The topological polar surface area (TPSA) is 125 Å². The maximum Gasteiger partial charge on any atom is 0.274 e. The zero-order valence-corrected chi connectivity index (χ0v) is 28.7. The summed E-state index contributed by atoms with van der Waals surface area (Å²) in [7, 11) is 1.66. The lowest BCUT2D eigenvalue weighted by Crippen LogP contribution is -2.59. The van der Waals surface area contributed by atoms with E-state index in [0.29, 0.717) is 18.6 Å². The van der Waals surface area contributed by atoms with Gasteiger partial charge in [0.2, 0.25) is 23.7 Å². The first-order chi connectivity index (χ1) is 23.7. The first kappa shape index (κ1) is 36.3. The second-order valence-corrected chi connectivity index (χ2v) is 13.7. The smallest absolute Gasteiger partial charge is 0.274 e. The zero-order valence-electron chi connectivity index (χ0n) is 28.7. The normalized spacial score (nSPS) is 17.4. The quantitative estimate of drug-likeness (QED) is 0.217. The van der Waals surface area contributed by atoms with E-state index in [4.69, 9.17) is 4.74 Å². The molecule has 3 N–H and O–H groups in total. The molecule has 1 saturated heterocycles. The van der Waals surface area contributed by atoms with Gasteiger partial charge in [0.1, 0.15) is 29.9 Å². The Morgan fingerprint density at radius 1 is 1.00 bits per heavy atom. The van der Waals surface area contributed by atoms with E-state index >= 15 is 0 Å². The maximum atomic E-state index is 14.5. The first-order valence-electron chi connectivity index (χ1n) is 16.5. The summed E-state index contributed by atoms with van der Waals surface area (Å²) in [6.07, 6.45) is 3.94. The summed E-state index contributed by atoms with van der Waals surface area (Å²) in [6, 6.07) is 9.74. The number of hydrogen-bond acceptors (Lipinski definition) is 6. The van der Waals surface area contributed by atoms with Crippen molar-refractivity contribution in [3.8, 4) is 5.75 Å². The van der Waals surface area contributed by atoms with Crippen LogP contribution >= 0.6 is 0 Å². The molecule has 5 rings (SSSR count). The van der Waals surface area contributed by atoms with Gasteiger partial charge < -0.3 is 25.2 Å². The van der Waals surface area contributed by atoms with E-state index < -0.39 is 47.2 Å². The van der Waals surface area contributed by atoms with Gasteiger partial charge in [-0.15, -0.1) is 0 Å². The number of halogens is 3. The number of fused-ring (bicyclic) bond motifs is 1. The Labute approximate surface area is 288 Å². The summed E-state index contributed by atoms with van der Waals surface area (Å²) in [5, 5.41) is 5.82. The van der Waals surface area contributed by atoms with Crippen LogP contribution in [0.15, 0.2) is 67.1 Å². The second-order valence-electron chi connectivity index (χ2n) is 13.7. The molecule has 11 nitrogen and oxygen atoms in total. The minimum atomic E-state index is -0.902. The van der Waals surface area contributed by atoms with Crippen LogP contribution in [0.4, 0.5) is 13.2 Å². The number of carbonyl (C=O) groups excluding carboxylic acids is 3. The molecule has 14 heteroatoms. The third kappa shape index (κ3) is 8.78. The Bertz CT molecular complexity index is 1810. The number of imidazole rings is 1. The molecule has 0 spiro atoms. The third-order valence-electron chi connectivity index (χ3n) is 8.86. The number of nitrogens with zero attached hydrogens (tertiary/aromatic N) is 5. The average molecular weight is 695 g/mol. The van der Waals surface area contributed by atoms with Crippen LogP contribution < -0.4 is 10.6 Å². The Morgan fingerprint density at radius 2 is 1.66 bits per heavy atom. The number of benzene rings is 2. The Kier molecular flexibility index (Phi) is 11.1. The molecule has 1 fully saturated rings. The van der Waals surface area contributed by atoms with Crippen LogP contribution in [0.1, 0.15) is 50.2 Å². The number of amides is 3. The van der Waals surface area contributed by atoms with Crippen molar-refractivity contribution in [2.24, 2.45) is 5.41 Å². The zero-order chi connectivity index (χ0) is 36.2. The van der Waals surface area contributed by atoms with Gasteiger partial charge in [0.15, 0.2) is 5.82 Å². The molecule has 4 atom stereocenters. The predicted molar refractivity (Wildman–Crippen MR) is 181 cm³/mol. The molecule has 0 aliphatic carbocycles. The van der Waals surface area contributed by atoms with Crippen molar-refractivity contribution in [3.05, 3.63) is 95.8 Å². The fraction of sp³-hybridized carbons (Fsp3) is 0.417. The Hall–Kier alpha value is -4.98. The van der Waals surface area contributed by atoms with Crippen LogP contribution in [0.2, 0.25) is 0 Å². The van der Waals surface area contributed by atoms with Crippen molar-refractivity contribution in [2.75, 3.05) is 26.7 Å². The van der Waals surface area contributed by atoms with Crippen LogP contribution in [-0.4, -0.2) is 97.5 Å². The van der Waals surface area contributed by atoms with Crippen LogP contribution in [0.5, 0.6) is 5.75 Å². The molecule has 0 bridgehead atoms. The number of aliphatic hydroxyl groups is 1. The van der Waals surface area contributed by atoms with Crippen molar-refractivity contribution in [3.63, 3.8) is 0 Å². The van der Waals surface area contributed by atoms with E-state index in [0.717, 1.165) is 11.8 Å². The fourth-order valence-electron chi connectivity index (χ4n) is 5.95. The van der Waals surface area contributed by atoms with Crippen molar-refractivity contribution in [1.82, 2.24) is 34.8 Å². The van der Waals surface area contributed by atoms with Crippen molar-refractivity contribution in [2.45, 2.75) is 64.8 Å². The maximum absolute atomic E-state index is 14.5. The number of ether oxygens (including phenoxy) is 1. The molecular weight excluding hydrogens is 651 g/mol. The summed E-state index contributed by atoms with van der Waals surface area (Å²) in [6.45, 7) is 7.76. The van der Waals surface area contributed by atoms with Crippen molar-refractivity contribution in [1.29, 1.82) is 0 Å². The molecule has 50 heavy (non-hydrogen) atoms. The number of likely N-dealkylation sites (tertiary alicyclic amines) is 1. The number of nitrogens with one attached hydrogen (secondary N) is 2. The summed E-state index contributed by atoms with van der Waals surface area (Å²) >= 11 is 0. The molecule has 3 amide bonds. The molecular formula is C36H43F3N7O4+. The van der Waals surface area contributed by atoms with Gasteiger partial charge in [0, 0.05) is 37.6 Å². The van der Waals surface area contributed by atoms with Gasteiger partial charge in [-0.2, -0.15) is 0 Å². The second kappa shape index (κ2) is 15.3. The summed E-state index contributed by atoms with van der Waals surface area (Å²) in [5.41, 5.74) is 0.153. The number of carbonyl (C=O) groups is 3. The lowest BCUT2D eigenvalue weighted by atomic mass is 9.85. The minimum absolute atomic E-state index is 0.0338. The molecule has 4 aromatic rings. The van der Waals surface area contributed by atoms with Crippen LogP contribution in [0, 0.1) is 22.9 Å². The monoisotopic (exact) mass is 694 g/mol. The van der Waals surface area contributed by atoms with Gasteiger partial charge in [0.25, 0.3) is 11.7 Å². The van der Waals surface area contributed by atoms with E-state index in [1.54, 1.807) is 48.0 Å². The molecule has 2 aromatic heterocycles. The molecule has 1 aliphatic rings. The van der Waals surface area contributed by atoms with Gasteiger partial charge in [-0.25, -0.2) is 23.1 Å². The van der Waals surface area contributed by atoms with E-state index in [2.05, 4.69) is 20.6 Å². The first-order valence-corrected chi connectivity index (χ1v) is 16.5. The number of likely N-dealkylation sites (N-methyl/N-ethyl adjacent to an activating group) is 1. The molecule has 0 saturated carbocycles. The van der Waals surface area contributed by atoms with Gasteiger partial charge >= 0.3 is 0 Å². The lowest BCUT2D eigenvalue weighted by Gasteiger charge is -2.37. The number of hydrogen-bond donors (Lipinski definition) is 2. The number of aromatic hydroxyl groups is 1. The van der Waals surface area contributed by atoms with Crippen LogP contribution in [0.3, 0.4) is 0 Å². The summed E-state index contributed by atoms with van der Waals surface area (Å²) in [5.74, 6) is -1.82. The number of rotatable bonds is 12. The van der Waals surface area contributed by atoms with Gasteiger partial charge in [0.05, 0.1) is 24.7 Å². The highest BCUT2D eigenvalue weighted by molar-refractivity contribution is 5.93. The minimum Gasteiger partial charge on any atom is -0.579 e. The van der Waals surface area contributed by atoms with Gasteiger partial charge in [-0.05, 0) is 55.6 Å². The molecule has 2 aromatic carbocycles. The summed E-state index contributed by atoms with van der Waals surface area (Å²) in [4.78, 5) is 53.2. The third-order valence-corrected chi connectivity index (χ3v) is 8.86. The highest BCUT2D eigenvalue weighted by atomic mass is 19.1. The lowest BCUT2D eigenvalue weighted by molar-refractivity contribution is -0.141. The van der Waals surface area contributed by atoms with Gasteiger partial charge in [-0.3, -0.25) is 18.8 Å². The van der Waals surface area contributed by atoms with Gasteiger partial charge in [-0.1, -0.05) is 32.9 Å².